The zero-order valence-electron chi connectivity index (χ0n) is 18.1. The average Bonchev–Trinajstić information content (AvgIpc) is 3.10. The summed E-state index contributed by atoms with van der Waals surface area (Å²) in [7, 11) is 0. The smallest absolute Gasteiger partial charge is 0.230 e. The molecule has 8 heteroatoms. The highest BCUT2D eigenvalue weighted by molar-refractivity contribution is 7.13. The number of carbonyl (C=O) groups excluding carboxylic acids is 1. The second-order valence-corrected chi connectivity index (χ2v) is 8.00. The first kappa shape index (κ1) is 21.7. The molecule has 2 heterocycles. The number of aromatic nitrogens is 3. The van der Waals surface area contributed by atoms with Gasteiger partial charge in [-0.3, -0.25) is 4.79 Å². The van der Waals surface area contributed by atoms with Crippen molar-refractivity contribution in [3.63, 3.8) is 0 Å². The van der Waals surface area contributed by atoms with Crippen LogP contribution in [-0.4, -0.2) is 33.9 Å². The van der Waals surface area contributed by atoms with Crippen molar-refractivity contribution in [2.24, 2.45) is 0 Å². The molecule has 3 rings (SSSR count). The molecule has 3 aromatic rings. The molecule has 158 valence electrons. The van der Waals surface area contributed by atoms with E-state index in [4.69, 9.17) is 0 Å². The lowest BCUT2D eigenvalue weighted by atomic mass is 10.1. The number of nitrogens with one attached hydrogen (secondary N) is 2. The number of rotatable bonds is 8. The Hall–Kier alpha value is -3.00. The summed E-state index contributed by atoms with van der Waals surface area (Å²) in [5, 5.41) is 8.66. The van der Waals surface area contributed by atoms with Crippen LogP contribution in [0.15, 0.2) is 29.6 Å². The molecule has 0 bridgehead atoms. The Labute approximate surface area is 181 Å². The normalized spacial score (nSPS) is 10.7. The Kier molecular flexibility index (Phi) is 6.99. The fraction of sp³-hybridized carbons (Fsp3) is 0.364. The maximum atomic E-state index is 12.5. The summed E-state index contributed by atoms with van der Waals surface area (Å²) >= 11 is 1.43. The fourth-order valence-corrected chi connectivity index (χ4v) is 3.96. The van der Waals surface area contributed by atoms with Crippen LogP contribution in [0, 0.1) is 20.8 Å². The Morgan fingerprint density at radius 3 is 2.37 bits per heavy atom. The van der Waals surface area contributed by atoms with E-state index in [1.165, 1.54) is 17.0 Å². The van der Waals surface area contributed by atoms with Gasteiger partial charge in [-0.1, -0.05) is 0 Å². The predicted molar refractivity (Wildman–Crippen MR) is 124 cm³/mol. The first-order valence-corrected chi connectivity index (χ1v) is 10.9. The molecule has 0 aliphatic heterocycles. The van der Waals surface area contributed by atoms with E-state index >= 15 is 0 Å². The summed E-state index contributed by atoms with van der Waals surface area (Å²) in [6.07, 6.45) is 0.211. The third-order valence-corrected chi connectivity index (χ3v) is 5.51. The minimum Gasteiger partial charge on any atom is -0.372 e. The van der Waals surface area contributed by atoms with Crippen molar-refractivity contribution in [1.29, 1.82) is 0 Å². The van der Waals surface area contributed by atoms with E-state index < -0.39 is 0 Å². The van der Waals surface area contributed by atoms with E-state index in [1.807, 2.05) is 44.4 Å². The lowest BCUT2D eigenvalue weighted by Crippen LogP contribution is -2.22. The lowest BCUT2D eigenvalue weighted by Gasteiger charge is -2.22. The zero-order valence-corrected chi connectivity index (χ0v) is 18.9. The van der Waals surface area contributed by atoms with Crippen LogP contribution in [0.4, 0.5) is 22.5 Å². The van der Waals surface area contributed by atoms with E-state index in [2.05, 4.69) is 50.4 Å². The molecule has 0 aliphatic carbocycles. The van der Waals surface area contributed by atoms with Crippen molar-refractivity contribution in [3.8, 4) is 0 Å². The number of benzene rings is 1. The molecule has 0 fully saturated rings. The van der Waals surface area contributed by atoms with Crippen molar-refractivity contribution in [3.05, 3.63) is 52.3 Å². The van der Waals surface area contributed by atoms with Gasteiger partial charge < -0.3 is 15.5 Å². The number of amides is 1. The lowest BCUT2D eigenvalue weighted by molar-refractivity contribution is -0.115. The quantitative estimate of drug-likeness (QED) is 0.549. The van der Waals surface area contributed by atoms with Crippen molar-refractivity contribution in [2.75, 3.05) is 28.6 Å². The maximum Gasteiger partial charge on any atom is 0.230 e. The minimum absolute atomic E-state index is 0.0896. The van der Waals surface area contributed by atoms with Gasteiger partial charge in [0.1, 0.15) is 0 Å². The van der Waals surface area contributed by atoms with Gasteiger partial charge >= 0.3 is 0 Å². The summed E-state index contributed by atoms with van der Waals surface area (Å²) in [5.41, 5.74) is 5.53. The average molecular weight is 425 g/mol. The molecule has 0 saturated carbocycles. The van der Waals surface area contributed by atoms with Gasteiger partial charge in [0.25, 0.3) is 0 Å². The van der Waals surface area contributed by atoms with Crippen LogP contribution >= 0.6 is 11.3 Å². The third-order valence-electron chi connectivity index (χ3n) is 4.71. The van der Waals surface area contributed by atoms with Gasteiger partial charge in [0.15, 0.2) is 5.13 Å². The van der Waals surface area contributed by atoms with E-state index in [1.54, 1.807) is 0 Å². The number of thiazole rings is 1. The second-order valence-electron chi connectivity index (χ2n) is 7.14. The highest BCUT2D eigenvalue weighted by atomic mass is 32.1. The highest BCUT2D eigenvalue weighted by Gasteiger charge is 2.12. The molecule has 0 spiro atoms. The third kappa shape index (κ3) is 5.54. The van der Waals surface area contributed by atoms with Gasteiger partial charge in [0.2, 0.25) is 11.9 Å². The SMILES string of the molecule is CCN(CC)c1ccc(NC(=O)Cc2csc(Nc3nc(C)cc(C)n3)n2)c(C)c1. The number of nitrogens with zero attached hydrogens (tertiary/aromatic N) is 4. The van der Waals surface area contributed by atoms with Crippen molar-refractivity contribution in [2.45, 2.75) is 41.0 Å². The van der Waals surface area contributed by atoms with Crippen LogP contribution in [0.3, 0.4) is 0 Å². The summed E-state index contributed by atoms with van der Waals surface area (Å²) in [5.74, 6) is 0.426. The summed E-state index contributed by atoms with van der Waals surface area (Å²) < 4.78 is 0. The first-order chi connectivity index (χ1) is 14.4. The van der Waals surface area contributed by atoms with Crippen molar-refractivity contribution in [1.82, 2.24) is 15.0 Å². The molecule has 30 heavy (non-hydrogen) atoms. The number of anilines is 4. The van der Waals surface area contributed by atoms with Gasteiger partial charge in [-0.15, -0.1) is 11.3 Å². The molecule has 2 aromatic heterocycles. The number of hydrogen-bond donors (Lipinski definition) is 2. The molecule has 0 atom stereocenters. The van der Waals surface area contributed by atoms with E-state index in [-0.39, 0.29) is 12.3 Å². The fourth-order valence-electron chi connectivity index (χ4n) is 3.26. The Balaban J connectivity index is 1.61. The number of aryl methyl sites for hydroxylation is 3. The molecule has 0 radical (unpaired) electrons. The van der Waals surface area contributed by atoms with Crippen LogP contribution in [0.25, 0.3) is 0 Å². The largest absolute Gasteiger partial charge is 0.372 e. The van der Waals surface area contributed by atoms with Crippen molar-refractivity contribution < 1.29 is 4.79 Å². The predicted octanol–water partition coefficient (Wildman–Crippen LogP) is 4.63. The van der Waals surface area contributed by atoms with Crippen LogP contribution in [0.5, 0.6) is 0 Å². The monoisotopic (exact) mass is 424 g/mol. The Bertz CT molecular complexity index is 1010. The molecule has 0 saturated heterocycles. The first-order valence-electron chi connectivity index (χ1n) is 10.1. The number of hydrogen-bond acceptors (Lipinski definition) is 7. The van der Waals surface area contributed by atoms with Crippen LogP contribution in [0.2, 0.25) is 0 Å². The summed E-state index contributed by atoms with van der Waals surface area (Å²) in [4.78, 5) is 28.0. The van der Waals surface area contributed by atoms with Crippen LogP contribution in [0.1, 0.15) is 36.5 Å². The second kappa shape index (κ2) is 9.67. The van der Waals surface area contributed by atoms with Gasteiger partial charge in [-0.25, -0.2) is 15.0 Å². The van der Waals surface area contributed by atoms with Crippen molar-refractivity contribution >= 4 is 39.7 Å². The minimum atomic E-state index is -0.0896. The molecule has 1 amide bonds. The molecule has 2 N–H and O–H groups in total. The van der Waals surface area contributed by atoms with E-state index in [0.717, 1.165) is 35.7 Å². The maximum absolute atomic E-state index is 12.5. The van der Waals surface area contributed by atoms with Crippen LogP contribution in [-0.2, 0) is 11.2 Å². The standard InChI is InChI=1S/C22H28N6OS/c1-6-28(7-2)18-8-9-19(14(3)10-18)26-20(29)12-17-13-30-22(25-17)27-21-23-15(4)11-16(5)24-21/h8-11,13H,6-7,12H2,1-5H3,(H,26,29)(H,23,24,25,27). The van der Waals surface area contributed by atoms with Gasteiger partial charge in [0, 0.05) is 41.2 Å². The van der Waals surface area contributed by atoms with Gasteiger partial charge in [-0.2, -0.15) is 0 Å². The Morgan fingerprint density at radius 2 is 1.73 bits per heavy atom. The highest BCUT2D eigenvalue weighted by Crippen LogP contribution is 2.24. The molecule has 7 nitrogen and oxygen atoms in total. The Morgan fingerprint density at radius 1 is 1.03 bits per heavy atom. The molecule has 1 aromatic carbocycles. The molecular weight excluding hydrogens is 396 g/mol. The summed E-state index contributed by atoms with van der Waals surface area (Å²) in [6.45, 7) is 12.0. The molecular formula is C22H28N6OS. The zero-order chi connectivity index (χ0) is 21.7. The summed E-state index contributed by atoms with van der Waals surface area (Å²) in [6, 6.07) is 8.04. The van der Waals surface area contributed by atoms with Gasteiger partial charge in [-0.05, 0) is 64.4 Å². The number of carbonyl (C=O) groups is 1. The van der Waals surface area contributed by atoms with Gasteiger partial charge in [0.05, 0.1) is 12.1 Å². The van der Waals surface area contributed by atoms with Crippen LogP contribution < -0.4 is 15.5 Å². The van der Waals surface area contributed by atoms with E-state index in [0.29, 0.717) is 16.8 Å². The van der Waals surface area contributed by atoms with E-state index in [9.17, 15) is 4.79 Å². The molecule has 0 unspecified atom stereocenters. The topological polar surface area (TPSA) is 83.0 Å². The molecule has 0 aliphatic rings.